The van der Waals surface area contributed by atoms with Gasteiger partial charge in [0.05, 0.1) is 13.3 Å². The van der Waals surface area contributed by atoms with Gasteiger partial charge in [-0.2, -0.15) is 0 Å². The number of esters is 1. The van der Waals surface area contributed by atoms with E-state index in [4.69, 9.17) is 15.1 Å². The maximum absolute atomic E-state index is 11.3. The highest BCUT2D eigenvalue weighted by molar-refractivity contribution is 6.02. The number of fused-ring (bicyclic) bond motifs is 2. The Kier molecular flexibility index (Phi) is 5.03. The van der Waals surface area contributed by atoms with Crippen LogP contribution >= 0.6 is 0 Å². The molecular formula is C24H21N5O3. The van der Waals surface area contributed by atoms with Crippen molar-refractivity contribution < 1.29 is 14.3 Å². The van der Waals surface area contributed by atoms with Gasteiger partial charge >= 0.3 is 5.97 Å². The highest BCUT2D eigenvalue weighted by Gasteiger charge is 2.18. The molecule has 32 heavy (non-hydrogen) atoms. The number of aromatic nitrogens is 3. The summed E-state index contributed by atoms with van der Waals surface area (Å²) in [5.41, 5.74) is 6.23. The number of nitrogens with one attached hydrogen (secondary N) is 2. The van der Waals surface area contributed by atoms with Gasteiger partial charge in [-0.15, -0.1) is 0 Å². The number of imidazole rings is 1. The van der Waals surface area contributed by atoms with Gasteiger partial charge in [-0.1, -0.05) is 6.07 Å². The number of aryl methyl sites for hydroxylation is 1. The largest absolute Gasteiger partial charge is 0.482 e. The lowest BCUT2D eigenvalue weighted by molar-refractivity contribution is -0.142. The van der Waals surface area contributed by atoms with Gasteiger partial charge in [-0.3, -0.25) is 9.38 Å². The van der Waals surface area contributed by atoms with E-state index in [2.05, 4.69) is 21.1 Å². The Morgan fingerprint density at radius 2 is 2.03 bits per heavy atom. The smallest absolute Gasteiger partial charge is 0.343 e. The van der Waals surface area contributed by atoms with E-state index in [9.17, 15) is 4.79 Å². The van der Waals surface area contributed by atoms with Crippen LogP contribution in [0.3, 0.4) is 0 Å². The zero-order valence-electron chi connectivity index (χ0n) is 17.5. The Hall–Kier alpha value is -4.20. The zero-order valence-corrected chi connectivity index (χ0v) is 17.5. The second kappa shape index (κ2) is 8.14. The van der Waals surface area contributed by atoms with E-state index in [-0.39, 0.29) is 6.61 Å². The number of nitrogens with zero attached hydrogens (tertiary/aromatic N) is 3. The highest BCUT2D eigenvalue weighted by Crippen LogP contribution is 2.33. The molecule has 2 aromatic carbocycles. The standard InChI is InChI=1S/C24H21N5O3/c1-31-22(30)14-32-18-6-2-15(3-7-18)23-24(29-11-10-26-13-21(29)28-23)27-17-5-8-19-16(12-17)4-9-20(19)25/h2-3,5-8,10-13,25,27H,4,9,14H2,1H3. The molecule has 0 aliphatic heterocycles. The summed E-state index contributed by atoms with van der Waals surface area (Å²) >= 11 is 0. The van der Waals surface area contributed by atoms with E-state index in [1.165, 1.54) is 12.7 Å². The van der Waals surface area contributed by atoms with Crippen molar-refractivity contribution in [3.8, 4) is 17.0 Å². The van der Waals surface area contributed by atoms with Crippen molar-refractivity contribution in [1.82, 2.24) is 14.4 Å². The molecule has 160 valence electrons. The molecular weight excluding hydrogens is 406 g/mol. The molecule has 2 aromatic heterocycles. The number of carbonyl (C=O) groups excluding carboxylic acids is 1. The van der Waals surface area contributed by atoms with Crippen LogP contribution in [-0.4, -0.2) is 39.8 Å². The minimum Gasteiger partial charge on any atom is -0.482 e. The Labute approximate surface area is 184 Å². The minimum atomic E-state index is -0.433. The average molecular weight is 427 g/mol. The first-order valence-corrected chi connectivity index (χ1v) is 10.2. The number of anilines is 2. The molecule has 0 unspecified atom stereocenters. The number of carbonyl (C=O) groups is 1. The molecule has 0 atom stereocenters. The fourth-order valence-electron chi connectivity index (χ4n) is 3.84. The normalized spacial score (nSPS) is 12.6. The topological polar surface area (TPSA) is 102 Å². The van der Waals surface area contributed by atoms with Crippen molar-refractivity contribution in [1.29, 1.82) is 5.41 Å². The lowest BCUT2D eigenvalue weighted by atomic mass is 10.1. The van der Waals surface area contributed by atoms with Crippen LogP contribution in [0.4, 0.5) is 11.5 Å². The molecule has 0 spiro atoms. The van der Waals surface area contributed by atoms with Gasteiger partial charge in [0.2, 0.25) is 0 Å². The molecule has 5 rings (SSSR count). The van der Waals surface area contributed by atoms with Crippen molar-refractivity contribution in [2.75, 3.05) is 19.0 Å². The Balaban J connectivity index is 1.48. The van der Waals surface area contributed by atoms with Gasteiger partial charge in [-0.25, -0.2) is 9.78 Å². The molecule has 8 nitrogen and oxygen atoms in total. The van der Waals surface area contributed by atoms with Crippen molar-refractivity contribution in [2.45, 2.75) is 12.8 Å². The van der Waals surface area contributed by atoms with E-state index in [1.54, 1.807) is 24.5 Å². The van der Waals surface area contributed by atoms with Crippen molar-refractivity contribution in [3.05, 3.63) is 72.2 Å². The van der Waals surface area contributed by atoms with E-state index in [0.717, 1.165) is 46.8 Å². The van der Waals surface area contributed by atoms with E-state index in [1.807, 2.05) is 34.9 Å². The zero-order chi connectivity index (χ0) is 22.1. The van der Waals surface area contributed by atoms with E-state index < -0.39 is 5.97 Å². The van der Waals surface area contributed by atoms with Crippen LogP contribution < -0.4 is 10.1 Å². The third-order valence-corrected chi connectivity index (χ3v) is 5.48. The Bertz CT molecular complexity index is 1330. The summed E-state index contributed by atoms with van der Waals surface area (Å²) in [6, 6.07) is 13.5. The second-order valence-corrected chi connectivity index (χ2v) is 7.48. The molecule has 4 aromatic rings. The van der Waals surface area contributed by atoms with E-state index >= 15 is 0 Å². The first kappa shape index (κ1) is 19.7. The number of hydrogen-bond donors (Lipinski definition) is 2. The predicted octanol–water partition coefficient (Wildman–Crippen LogP) is 4.01. The summed E-state index contributed by atoms with van der Waals surface area (Å²) in [6.07, 6.45) is 6.98. The summed E-state index contributed by atoms with van der Waals surface area (Å²) in [6.45, 7) is -0.140. The summed E-state index contributed by atoms with van der Waals surface area (Å²) in [5.74, 6) is 0.955. The molecule has 1 aliphatic carbocycles. The third kappa shape index (κ3) is 3.66. The first-order chi connectivity index (χ1) is 15.6. The van der Waals surface area contributed by atoms with Gasteiger partial charge in [0.15, 0.2) is 12.3 Å². The monoisotopic (exact) mass is 427 g/mol. The van der Waals surface area contributed by atoms with Gasteiger partial charge in [0, 0.05) is 29.4 Å². The molecule has 0 radical (unpaired) electrons. The lowest BCUT2D eigenvalue weighted by Crippen LogP contribution is -2.12. The van der Waals surface area contributed by atoms with Crippen LogP contribution in [0, 0.1) is 5.41 Å². The maximum Gasteiger partial charge on any atom is 0.343 e. The molecule has 0 saturated carbocycles. The first-order valence-electron chi connectivity index (χ1n) is 10.2. The lowest BCUT2D eigenvalue weighted by Gasteiger charge is -2.11. The summed E-state index contributed by atoms with van der Waals surface area (Å²) in [4.78, 5) is 20.3. The maximum atomic E-state index is 11.3. The fourth-order valence-corrected chi connectivity index (χ4v) is 3.84. The van der Waals surface area contributed by atoms with Crippen molar-refractivity contribution in [3.63, 3.8) is 0 Å². The summed E-state index contributed by atoms with van der Waals surface area (Å²) < 4.78 is 12.0. The van der Waals surface area contributed by atoms with Crippen LogP contribution in [0.1, 0.15) is 17.5 Å². The van der Waals surface area contributed by atoms with Crippen LogP contribution in [0.5, 0.6) is 5.75 Å². The number of rotatable bonds is 6. The van der Waals surface area contributed by atoms with Crippen LogP contribution in [0.25, 0.3) is 16.9 Å². The van der Waals surface area contributed by atoms with Crippen molar-refractivity contribution in [2.24, 2.45) is 0 Å². The summed E-state index contributed by atoms with van der Waals surface area (Å²) in [7, 11) is 1.33. The average Bonchev–Trinajstić information content (AvgIpc) is 3.38. The second-order valence-electron chi connectivity index (χ2n) is 7.48. The summed E-state index contributed by atoms with van der Waals surface area (Å²) in [5, 5.41) is 11.6. The molecule has 2 heterocycles. The molecule has 0 amide bonds. The predicted molar refractivity (Wildman–Crippen MR) is 121 cm³/mol. The molecule has 1 aliphatic rings. The van der Waals surface area contributed by atoms with Gasteiger partial charge in [0.25, 0.3) is 0 Å². The SMILES string of the molecule is COC(=O)COc1ccc(-c2nc3cnccn3c2Nc2ccc3c(c2)CCC3=N)cc1. The number of methoxy groups -OCH3 is 1. The van der Waals surface area contributed by atoms with Crippen LogP contribution in [-0.2, 0) is 16.0 Å². The number of ether oxygens (including phenoxy) is 2. The van der Waals surface area contributed by atoms with E-state index in [0.29, 0.717) is 11.5 Å². The minimum absolute atomic E-state index is 0.140. The van der Waals surface area contributed by atoms with Crippen LogP contribution in [0.2, 0.25) is 0 Å². The molecule has 0 fully saturated rings. The molecule has 8 heteroatoms. The Morgan fingerprint density at radius 1 is 1.19 bits per heavy atom. The number of benzene rings is 2. The molecule has 0 saturated heterocycles. The Morgan fingerprint density at radius 3 is 2.84 bits per heavy atom. The molecule has 2 N–H and O–H groups in total. The van der Waals surface area contributed by atoms with Crippen LogP contribution in [0.15, 0.2) is 61.1 Å². The third-order valence-electron chi connectivity index (χ3n) is 5.48. The highest BCUT2D eigenvalue weighted by atomic mass is 16.6. The fraction of sp³-hybridized carbons (Fsp3) is 0.167. The molecule has 0 bridgehead atoms. The van der Waals surface area contributed by atoms with Gasteiger partial charge in [-0.05, 0) is 60.4 Å². The van der Waals surface area contributed by atoms with Crippen molar-refractivity contribution >= 4 is 28.8 Å². The number of hydrogen-bond acceptors (Lipinski definition) is 7. The van der Waals surface area contributed by atoms with Gasteiger partial charge < -0.3 is 20.2 Å². The quantitative estimate of drug-likeness (QED) is 0.451. The van der Waals surface area contributed by atoms with Gasteiger partial charge in [0.1, 0.15) is 17.3 Å².